The van der Waals surface area contributed by atoms with Crippen LogP contribution in [0.3, 0.4) is 0 Å². The van der Waals surface area contributed by atoms with Crippen LogP contribution in [-0.4, -0.2) is 0 Å². The Morgan fingerprint density at radius 2 is 1.71 bits per heavy atom. The SMILES string of the molecule is CCCC=Cc1cc(CCC)ccc1CCC. The molecule has 0 amide bonds. The van der Waals surface area contributed by atoms with E-state index in [0.29, 0.717) is 0 Å². The fourth-order valence-corrected chi connectivity index (χ4v) is 2.12. The van der Waals surface area contributed by atoms with Crippen LogP contribution in [0.4, 0.5) is 0 Å². The highest BCUT2D eigenvalue weighted by atomic mass is 14.1. The van der Waals surface area contributed by atoms with Gasteiger partial charge < -0.3 is 0 Å². The molecule has 94 valence electrons. The molecule has 0 fully saturated rings. The molecule has 0 unspecified atom stereocenters. The zero-order valence-electron chi connectivity index (χ0n) is 11.6. The molecule has 0 atom stereocenters. The topological polar surface area (TPSA) is 0 Å². The van der Waals surface area contributed by atoms with Gasteiger partial charge in [-0.15, -0.1) is 0 Å². The van der Waals surface area contributed by atoms with Crippen LogP contribution >= 0.6 is 0 Å². The van der Waals surface area contributed by atoms with Crippen LogP contribution in [0.1, 0.15) is 63.1 Å². The van der Waals surface area contributed by atoms with Crippen molar-refractivity contribution >= 4 is 6.08 Å². The number of aryl methyl sites for hydroxylation is 2. The Hall–Kier alpha value is -1.04. The van der Waals surface area contributed by atoms with Gasteiger partial charge in [0.15, 0.2) is 0 Å². The second kappa shape index (κ2) is 8.11. The highest BCUT2D eigenvalue weighted by Crippen LogP contribution is 2.17. The Morgan fingerprint density at radius 1 is 0.941 bits per heavy atom. The van der Waals surface area contributed by atoms with E-state index in [1.165, 1.54) is 55.2 Å². The Kier molecular flexibility index (Phi) is 6.69. The van der Waals surface area contributed by atoms with E-state index in [1.54, 1.807) is 0 Å². The molecule has 0 heteroatoms. The van der Waals surface area contributed by atoms with Crippen molar-refractivity contribution in [2.24, 2.45) is 0 Å². The molecule has 1 rings (SSSR count). The quantitative estimate of drug-likeness (QED) is 0.588. The number of rotatable bonds is 7. The summed E-state index contributed by atoms with van der Waals surface area (Å²) in [5.74, 6) is 0. The van der Waals surface area contributed by atoms with Crippen molar-refractivity contribution in [1.82, 2.24) is 0 Å². The molecule has 0 heterocycles. The van der Waals surface area contributed by atoms with Crippen molar-refractivity contribution in [2.75, 3.05) is 0 Å². The summed E-state index contributed by atoms with van der Waals surface area (Å²) >= 11 is 0. The standard InChI is InChI=1S/C17H26/c1-4-7-8-11-17-14-15(9-5-2)12-13-16(17)10-6-3/h8,11-14H,4-7,9-10H2,1-3H3. The van der Waals surface area contributed by atoms with Gasteiger partial charge in [0, 0.05) is 0 Å². The Balaban J connectivity index is 2.89. The Bertz CT molecular complexity index is 347. The minimum absolute atomic E-state index is 1.18. The predicted molar refractivity (Wildman–Crippen MR) is 78.4 cm³/mol. The van der Waals surface area contributed by atoms with E-state index in [4.69, 9.17) is 0 Å². The van der Waals surface area contributed by atoms with Crippen molar-refractivity contribution in [3.05, 3.63) is 41.0 Å². The lowest BCUT2D eigenvalue weighted by Gasteiger charge is -2.08. The first-order valence-corrected chi connectivity index (χ1v) is 7.10. The van der Waals surface area contributed by atoms with Crippen LogP contribution in [0, 0.1) is 0 Å². The Labute approximate surface area is 107 Å². The molecular formula is C17H26. The van der Waals surface area contributed by atoms with Gasteiger partial charge in [-0.1, -0.05) is 70.4 Å². The molecule has 0 aliphatic rings. The zero-order chi connectivity index (χ0) is 12.5. The monoisotopic (exact) mass is 230 g/mol. The van der Waals surface area contributed by atoms with Crippen LogP contribution in [-0.2, 0) is 12.8 Å². The number of unbranched alkanes of at least 4 members (excludes halogenated alkanes) is 1. The average molecular weight is 230 g/mol. The molecule has 1 aromatic carbocycles. The van der Waals surface area contributed by atoms with Crippen molar-refractivity contribution in [2.45, 2.75) is 59.3 Å². The van der Waals surface area contributed by atoms with Crippen LogP contribution in [0.2, 0.25) is 0 Å². The molecule has 0 saturated heterocycles. The maximum atomic E-state index is 2.38. The van der Waals surface area contributed by atoms with Crippen molar-refractivity contribution in [3.63, 3.8) is 0 Å². The smallest absolute Gasteiger partial charge is 0.0225 e. The van der Waals surface area contributed by atoms with E-state index in [2.05, 4.69) is 51.1 Å². The number of hydrogen-bond donors (Lipinski definition) is 0. The normalized spacial score (nSPS) is 11.2. The third-order valence-corrected chi connectivity index (χ3v) is 3.02. The third kappa shape index (κ3) is 4.77. The summed E-state index contributed by atoms with van der Waals surface area (Å²) in [6, 6.07) is 6.99. The molecule has 0 saturated carbocycles. The molecule has 0 bridgehead atoms. The first-order valence-electron chi connectivity index (χ1n) is 7.10. The first kappa shape index (κ1) is 14.0. The van der Waals surface area contributed by atoms with Gasteiger partial charge in [-0.3, -0.25) is 0 Å². The maximum Gasteiger partial charge on any atom is -0.0225 e. The van der Waals surface area contributed by atoms with E-state index >= 15 is 0 Å². The largest absolute Gasteiger partial charge is 0.0839 e. The van der Waals surface area contributed by atoms with Crippen LogP contribution in [0.15, 0.2) is 24.3 Å². The number of hydrogen-bond acceptors (Lipinski definition) is 0. The first-order chi connectivity index (χ1) is 8.31. The Morgan fingerprint density at radius 3 is 2.35 bits per heavy atom. The van der Waals surface area contributed by atoms with Gasteiger partial charge >= 0.3 is 0 Å². The molecule has 0 aromatic heterocycles. The molecule has 17 heavy (non-hydrogen) atoms. The molecule has 0 aliphatic heterocycles. The molecule has 0 spiro atoms. The summed E-state index contributed by atoms with van der Waals surface area (Å²) in [5.41, 5.74) is 4.41. The van der Waals surface area contributed by atoms with E-state index in [0.717, 1.165) is 0 Å². The average Bonchev–Trinajstić information content (AvgIpc) is 2.33. The molecule has 0 nitrogen and oxygen atoms in total. The summed E-state index contributed by atoms with van der Waals surface area (Å²) in [6.45, 7) is 6.72. The van der Waals surface area contributed by atoms with Gasteiger partial charge in [-0.05, 0) is 36.0 Å². The van der Waals surface area contributed by atoms with Crippen LogP contribution in [0.5, 0.6) is 0 Å². The predicted octanol–water partition coefficient (Wildman–Crippen LogP) is 5.40. The highest BCUT2D eigenvalue weighted by molar-refractivity contribution is 5.55. The minimum atomic E-state index is 1.18. The van der Waals surface area contributed by atoms with Gasteiger partial charge in [-0.2, -0.15) is 0 Å². The number of benzene rings is 1. The minimum Gasteiger partial charge on any atom is -0.0839 e. The van der Waals surface area contributed by atoms with E-state index in [-0.39, 0.29) is 0 Å². The van der Waals surface area contributed by atoms with Gasteiger partial charge in [0.2, 0.25) is 0 Å². The molecule has 0 N–H and O–H groups in total. The maximum absolute atomic E-state index is 2.38. The molecule has 0 radical (unpaired) electrons. The van der Waals surface area contributed by atoms with E-state index in [9.17, 15) is 0 Å². The zero-order valence-corrected chi connectivity index (χ0v) is 11.6. The van der Waals surface area contributed by atoms with Gasteiger partial charge in [0.1, 0.15) is 0 Å². The fraction of sp³-hybridized carbons (Fsp3) is 0.529. The summed E-state index contributed by atoms with van der Waals surface area (Å²) in [7, 11) is 0. The van der Waals surface area contributed by atoms with Crippen LogP contribution < -0.4 is 0 Å². The molecule has 0 aliphatic carbocycles. The summed E-state index contributed by atoms with van der Waals surface area (Å²) in [5, 5.41) is 0. The van der Waals surface area contributed by atoms with Crippen LogP contribution in [0.25, 0.3) is 6.08 Å². The summed E-state index contributed by atoms with van der Waals surface area (Å²) in [6.07, 6.45) is 11.9. The van der Waals surface area contributed by atoms with Crippen molar-refractivity contribution in [1.29, 1.82) is 0 Å². The molecule has 1 aromatic rings. The van der Waals surface area contributed by atoms with Crippen molar-refractivity contribution in [3.8, 4) is 0 Å². The summed E-state index contributed by atoms with van der Waals surface area (Å²) < 4.78 is 0. The highest BCUT2D eigenvalue weighted by Gasteiger charge is 2.00. The third-order valence-electron chi connectivity index (χ3n) is 3.02. The van der Waals surface area contributed by atoms with Gasteiger partial charge in [0.05, 0.1) is 0 Å². The van der Waals surface area contributed by atoms with Crippen molar-refractivity contribution < 1.29 is 0 Å². The fourth-order valence-electron chi connectivity index (χ4n) is 2.12. The second-order valence-electron chi connectivity index (χ2n) is 4.72. The van der Waals surface area contributed by atoms with E-state index < -0.39 is 0 Å². The lowest BCUT2D eigenvalue weighted by Crippen LogP contribution is -1.92. The van der Waals surface area contributed by atoms with Gasteiger partial charge in [0.25, 0.3) is 0 Å². The second-order valence-corrected chi connectivity index (χ2v) is 4.72. The number of allylic oxidation sites excluding steroid dienone is 1. The van der Waals surface area contributed by atoms with Gasteiger partial charge in [-0.25, -0.2) is 0 Å². The lowest BCUT2D eigenvalue weighted by atomic mass is 9.98. The lowest BCUT2D eigenvalue weighted by molar-refractivity contribution is 0.901. The summed E-state index contributed by atoms with van der Waals surface area (Å²) in [4.78, 5) is 0. The van der Waals surface area contributed by atoms with E-state index in [1.807, 2.05) is 0 Å². The molecular weight excluding hydrogens is 204 g/mol.